The molecule has 2 fully saturated rings. The van der Waals surface area contributed by atoms with Gasteiger partial charge in [-0.1, -0.05) is 46.1 Å². The lowest BCUT2D eigenvalue weighted by Gasteiger charge is -2.24. The van der Waals surface area contributed by atoms with Crippen molar-refractivity contribution in [2.24, 2.45) is 0 Å². The van der Waals surface area contributed by atoms with E-state index < -0.39 is 0 Å². The maximum atomic E-state index is 4.91. The van der Waals surface area contributed by atoms with Gasteiger partial charge in [0, 0.05) is 34.3 Å². The number of hydrogen-bond donors (Lipinski definition) is 1. The number of aromatic nitrogens is 1. The summed E-state index contributed by atoms with van der Waals surface area (Å²) in [5.41, 5.74) is 3.28. The van der Waals surface area contributed by atoms with Gasteiger partial charge in [0.05, 0.1) is 0 Å². The van der Waals surface area contributed by atoms with Crippen LogP contribution in [0.25, 0.3) is 0 Å². The third-order valence-electron chi connectivity index (χ3n) is 5.33. The molecule has 2 aliphatic rings. The van der Waals surface area contributed by atoms with E-state index >= 15 is 0 Å². The molecule has 1 saturated carbocycles. The molecule has 2 nitrogen and oxygen atoms in total. The molecule has 2 heteroatoms. The summed E-state index contributed by atoms with van der Waals surface area (Å²) in [7, 11) is 0. The van der Waals surface area contributed by atoms with Gasteiger partial charge in [-0.2, -0.15) is 0 Å². The SMILES string of the molecule is CC(C)(C)c1cccc(CC2(C)NC23CCCCC3)n1. The Bertz CT molecular complexity index is 494. The lowest BCUT2D eigenvalue weighted by molar-refractivity contribution is 0.371. The molecule has 0 aromatic carbocycles. The average molecular weight is 272 g/mol. The Morgan fingerprint density at radius 3 is 2.50 bits per heavy atom. The van der Waals surface area contributed by atoms with Crippen molar-refractivity contribution in [3.05, 3.63) is 29.6 Å². The van der Waals surface area contributed by atoms with Gasteiger partial charge in [-0.3, -0.25) is 4.98 Å². The molecule has 0 bridgehead atoms. The van der Waals surface area contributed by atoms with Crippen LogP contribution in [-0.2, 0) is 11.8 Å². The van der Waals surface area contributed by atoms with Crippen molar-refractivity contribution in [1.29, 1.82) is 0 Å². The molecule has 0 radical (unpaired) electrons. The highest BCUT2D eigenvalue weighted by atomic mass is 15.3. The van der Waals surface area contributed by atoms with Crippen molar-refractivity contribution in [2.45, 2.75) is 82.7 Å². The van der Waals surface area contributed by atoms with Crippen LogP contribution in [0, 0.1) is 0 Å². The number of nitrogens with zero attached hydrogens (tertiary/aromatic N) is 1. The summed E-state index contributed by atoms with van der Waals surface area (Å²) in [4.78, 5) is 4.91. The first-order valence-corrected chi connectivity index (χ1v) is 8.11. The molecule has 1 aliphatic heterocycles. The average Bonchev–Trinajstić information content (AvgIpc) is 2.92. The first kappa shape index (κ1) is 14.1. The van der Waals surface area contributed by atoms with Crippen LogP contribution in [0.4, 0.5) is 0 Å². The molecular formula is C18H28N2. The fourth-order valence-corrected chi connectivity index (χ4v) is 3.90. The predicted molar refractivity (Wildman–Crippen MR) is 84.0 cm³/mol. The molecule has 1 aromatic rings. The molecule has 0 amide bonds. The Hall–Kier alpha value is -0.890. The summed E-state index contributed by atoms with van der Waals surface area (Å²) in [6.07, 6.45) is 7.95. The molecule has 3 rings (SSSR count). The lowest BCUT2D eigenvalue weighted by atomic mass is 9.79. The molecule has 20 heavy (non-hydrogen) atoms. The Kier molecular flexibility index (Phi) is 3.20. The third-order valence-corrected chi connectivity index (χ3v) is 5.33. The zero-order valence-electron chi connectivity index (χ0n) is 13.4. The van der Waals surface area contributed by atoms with Crippen LogP contribution in [-0.4, -0.2) is 16.1 Å². The highest BCUT2D eigenvalue weighted by Crippen LogP contribution is 2.50. The van der Waals surface area contributed by atoms with E-state index in [0.29, 0.717) is 5.54 Å². The van der Waals surface area contributed by atoms with Gasteiger partial charge in [0.2, 0.25) is 0 Å². The fraction of sp³-hybridized carbons (Fsp3) is 0.722. The molecule has 1 N–H and O–H groups in total. The van der Waals surface area contributed by atoms with E-state index in [4.69, 9.17) is 4.98 Å². The monoisotopic (exact) mass is 272 g/mol. The van der Waals surface area contributed by atoms with Gasteiger partial charge in [-0.05, 0) is 31.9 Å². The predicted octanol–water partition coefficient (Wildman–Crippen LogP) is 3.99. The molecule has 2 heterocycles. The molecule has 1 saturated heterocycles. The summed E-state index contributed by atoms with van der Waals surface area (Å²) < 4.78 is 0. The minimum Gasteiger partial charge on any atom is -0.302 e. The second-order valence-corrected chi connectivity index (χ2v) is 8.04. The minimum atomic E-state index is 0.135. The van der Waals surface area contributed by atoms with Crippen LogP contribution >= 0.6 is 0 Å². The Labute approximate surface area is 123 Å². The van der Waals surface area contributed by atoms with Crippen LogP contribution in [0.3, 0.4) is 0 Å². The molecular weight excluding hydrogens is 244 g/mol. The first-order chi connectivity index (χ1) is 9.35. The minimum absolute atomic E-state index is 0.135. The number of hydrogen-bond acceptors (Lipinski definition) is 2. The van der Waals surface area contributed by atoms with Crippen LogP contribution in [0.2, 0.25) is 0 Å². The van der Waals surface area contributed by atoms with Crippen molar-refractivity contribution in [3.63, 3.8) is 0 Å². The topological polar surface area (TPSA) is 34.8 Å². The maximum Gasteiger partial charge on any atom is 0.0460 e. The highest BCUT2D eigenvalue weighted by Gasteiger charge is 2.62. The Morgan fingerprint density at radius 1 is 1.15 bits per heavy atom. The zero-order chi connectivity index (χ0) is 14.4. The van der Waals surface area contributed by atoms with Gasteiger partial charge in [0.25, 0.3) is 0 Å². The second-order valence-electron chi connectivity index (χ2n) is 8.04. The van der Waals surface area contributed by atoms with Gasteiger partial charge in [-0.15, -0.1) is 0 Å². The largest absolute Gasteiger partial charge is 0.302 e. The summed E-state index contributed by atoms with van der Waals surface area (Å²) >= 11 is 0. The van der Waals surface area contributed by atoms with Crippen LogP contribution in [0.1, 0.15) is 71.2 Å². The molecule has 1 aromatic heterocycles. The maximum absolute atomic E-state index is 4.91. The van der Waals surface area contributed by atoms with Crippen molar-refractivity contribution in [2.75, 3.05) is 0 Å². The highest BCUT2D eigenvalue weighted by molar-refractivity contribution is 5.29. The van der Waals surface area contributed by atoms with Crippen molar-refractivity contribution in [1.82, 2.24) is 10.3 Å². The van der Waals surface area contributed by atoms with E-state index in [1.807, 2.05) is 0 Å². The summed E-state index contributed by atoms with van der Waals surface area (Å²) in [6.45, 7) is 9.10. The van der Waals surface area contributed by atoms with Crippen LogP contribution in [0.5, 0.6) is 0 Å². The number of pyridine rings is 1. The normalized spacial score (nSPS) is 28.6. The Morgan fingerprint density at radius 2 is 1.85 bits per heavy atom. The van der Waals surface area contributed by atoms with Crippen molar-refractivity contribution in [3.8, 4) is 0 Å². The smallest absolute Gasteiger partial charge is 0.0460 e. The van der Waals surface area contributed by atoms with Gasteiger partial charge in [-0.25, -0.2) is 0 Å². The van der Waals surface area contributed by atoms with E-state index in [1.165, 1.54) is 43.5 Å². The molecule has 1 atom stereocenters. The third kappa shape index (κ3) is 2.39. The first-order valence-electron chi connectivity index (χ1n) is 8.11. The van der Waals surface area contributed by atoms with Crippen LogP contribution < -0.4 is 5.32 Å². The fourth-order valence-electron chi connectivity index (χ4n) is 3.90. The van der Waals surface area contributed by atoms with E-state index in [2.05, 4.69) is 51.2 Å². The van der Waals surface area contributed by atoms with Gasteiger partial charge >= 0.3 is 0 Å². The number of nitrogens with one attached hydrogen (secondary N) is 1. The van der Waals surface area contributed by atoms with Gasteiger partial charge in [0.15, 0.2) is 0 Å². The van der Waals surface area contributed by atoms with Crippen LogP contribution in [0.15, 0.2) is 18.2 Å². The molecule has 110 valence electrons. The quantitative estimate of drug-likeness (QED) is 0.826. The van der Waals surface area contributed by atoms with Crippen molar-refractivity contribution >= 4 is 0 Å². The van der Waals surface area contributed by atoms with E-state index in [0.717, 1.165) is 6.42 Å². The molecule has 1 aliphatic carbocycles. The molecule has 1 spiro atoms. The second kappa shape index (κ2) is 4.56. The van der Waals surface area contributed by atoms with Gasteiger partial charge < -0.3 is 5.32 Å². The van der Waals surface area contributed by atoms with E-state index in [9.17, 15) is 0 Å². The molecule has 1 unspecified atom stereocenters. The standard InChI is InChI=1S/C18H28N2/c1-16(2,3)15-10-8-9-14(19-15)13-17(4)18(20-17)11-6-5-7-12-18/h8-10,20H,5-7,11-13H2,1-4H3. The Balaban J connectivity index is 1.76. The summed E-state index contributed by atoms with van der Waals surface area (Å²) in [6, 6.07) is 6.52. The number of rotatable bonds is 2. The van der Waals surface area contributed by atoms with E-state index in [1.54, 1.807) is 0 Å². The lowest BCUT2D eigenvalue weighted by Crippen LogP contribution is -2.28. The van der Waals surface area contributed by atoms with Crippen molar-refractivity contribution < 1.29 is 0 Å². The van der Waals surface area contributed by atoms with E-state index in [-0.39, 0.29) is 11.0 Å². The summed E-state index contributed by atoms with van der Waals surface area (Å²) in [5.74, 6) is 0. The summed E-state index contributed by atoms with van der Waals surface area (Å²) in [5, 5.41) is 3.83. The van der Waals surface area contributed by atoms with Gasteiger partial charge in [0.1, 0.15) is 0 Å². The zero-order valence-corrected chi connectivity index (χ0v) is 13.4.